The zero-order valence-corrected chi connectivity index (χ0v) is 53.0. The number of sulfonamides is 2. The molecule has 0 aromatic heterocycles. The van der Waals surface area contributed by atoms with Crippen LogP contribution in [0.5, 0.6) is 0 Å². The maximum absolute atomic E-state index is 12.7. The fourth-order valence-electron chi connectivity index (χ4n) is 12.9. The van der Waals surface area contributed by atoms with E-state index in [1.165, 1.54) is 46.4 Å². The Morgan fingerprint density at radius 3 is 1.21 bits per heavy atom. The summed E-state index contributed by atoms with van der Waals surface area (Å²) in [6.45, 7) is 14.5. The van der Waals surface area contributed by atoms with Crippen molar-refractivity contribution in [2.75, 3.05) is 79.2 Å². The minimum atomic E-state index is -3.51. The lowest BCUT2D eigenvalue weighted by molar-refractivity contribution is -0.0798. The van der Waals surface area contributed by atoms with Crippen LogP contribution in [0.25, 0.3) is 55.6 Å². The van der Waals surface area contributed by atoms with Crippen molar-refractivity contribution in [3.05, 3.63) is 153 Å². The highest BCUT2D eigenvalue weighted by Gasteiger charge is 2.44. The molecule has 0 spiro atoms. The SMILES string of the molecule is CNS(=O)(=O)CCCOC1c2cc(C)ccc2-c2cc3c(cc2C1OCCCN(C)[SH](=O)=O)-c1ccc(-c2ccc4c(c2)C(OCCCS(=O)(=O)NC)C(OCCCN(C)[SH](=O)=O)c2cc5c(cc2-4)C(C)(C)c2cc(C)ccc2-5)cc1C3(C)C. The van der Waals surface area contributed by atoms with E-state index in [9.17, 15) is 33.7 Å². The van der Waals surface area contributed by atoms with E-state index in [2.05, 4.69) is 141 Å². The maximum Gasteiger partial charge on any atom is 0.211 e. The normalized spacial score (nSPS) is 18.8. The lowest BCUT2D eigenvalue weighted by atomic mass is 9.75. The summed E-state index contributed by atoms with van der Waals surface area (Å²) in [6.07, 6.45) is -1.11. The highest BCUT2D eigenvalue weighted by molar-refractivity contribution is 7.89. The molecule has 6 aromatic rings. The van der Waals surface area contributed by atoms with Crippen LogP contribution >= 0.6 is 0 Å². The van der Waals surface area contributed by atoms with Crippen LogP contribution in [0.15, 0.2) is 97.1 Å². The van der Waals surface area contributed by atoms with E-state index in [0.29, 0.717) is 12.8 Å². The number of aryl methyl sites for hydroxylation is 2. The molecule has 0 amide bonds. The van der Waals surface area contributed by atoms with Crippen molar-refractivity contribution < 1.29 is 52.6 Å². The molecule has 4 unspecified atom stereocenters. The molecule has 4 aliphatic carbocycles. The maximum atomic E-state index is 12.7. The lowest BCUT2D eigenvalue weighted by Crippen LogP contribution is -2.27. The monoisotopic (exact) mass is 1220 g/mol. The molecular weight excluding hydrogens is 1140 g/mol. The predicted molar refractivity (Wildman–Crippen MR) is 332 cm³/mol. The third-order valence-electron chi connectivity index (χ3n) is 17.5. The third-order valence-corrected chi connectivity index (χ3v) is 21.9. The molecule has 84 heavy (non-hydrogen) atoms. The number of hydrogen-bond acceptors (Lipinski definition) is 12. The number of ether oxygens (including phenoxy) is 4. The number of rotatable bonds is 25. The second-order valence-corrected chi connectivity index (χ2v) is 30.2. The largest absolute Gasteiger partial charge is 0.370 e. The van der Waals surface area contributed by atoms with Gasteiger partial charge < -0.3 is 18.9 Å². The summed E-state index contributed by atoms with van der Waals surface area (Å²) in [6, 6.07) is 35.1. The van der Waals surface area contributed by atoms with Gasteiger partial charge >= 0.3 is 0 Å². The Hall–Kier alpha value is -5.20. The van der Waals surface area contributed by atoms with Gasteiger partial charge in [0, 0.05) is 64.4 Å². The van der Waals surface area contributed by atoms with Crippen molar-refractivity contribution in [2.24, 2.45) is 0 Å². The molecule has 16 nitrogen and oxygen atoms in total. The quantitative estimate of drug-likeness (QED) is 0.0313. The summed E-state index contributed by atoms with van der Waals surface area (Å²) in [7, 11) is -6.60. The minimum absolute atomic E-state index is 0.0983. The highest BCUT2D eigenvalue weighted by Crippen LogP contribution is 2.58. The first kappa shape index (κ1) is 61.9. The van der Waals surface area contributed by atoms with Crippen LogP contribution in [0.3, 0.4) is 0 Å². The van der Waals surface area contributed by atoms with Crippen molar-refractivity contribution in [3.8, 4) is 55.6 Å². The Kier molecular flexibility index (Phi) is 18.1. The average Bonchev–Trinajstić information content (AvgIpc) is 1.51. The van der Waals surface area contributed by atoms with E-state index >= 15 is 0 Å². The van der Waals surface area contributed by atoms with Gasteiger partial charge in [-0.1, -0.05) is 99.5 Å². The first-order valence-electron chi connectivity index (χ1n) is 28.7. The smallest absolute Gasteiger partial charge is 0.211 e. The van der Waals surface area contributed by atoms with Crippen molar-refractivity contribution >= 4 is 41.8 Å². The molecular formula is C64H78N4O12S4. The van der Waals surface area contributed by atoms with Crippen LogP contribution < -0.4 is 9.44 Å². The average molecular weight is 1220 g/mol. The van der Waals surface area contributed by atoms with Gasteiger partial charge in [0.25, 0.3) is 0 Å². The fraction of sp³-hybridized carbons (Fsp3) is 0.438. The summed E-state index contributed by atoms with van der Waals surface area (Å²) in [5.41, 5.74) is 20.3. The summed E-state index contributed by atoms with van der Waals surface area (Å²) >= 11 is 0. The molecule has 4 aliphatic rings. The van der Waals surface area contributed by atoms with Gasteiger partial charge in [-0.15, -0.1) is 0 Å². The minimum Gasteiger partial charge on any atom is -0.370 e. The number of nitrogens with one attached hydrogen (secondary N) is 2. The Morgan fingerprint density at radius 1 is 0.429 bits per heavy atom. The van der Waals surface area contributed by atoms with Gasteiger partial charge in [0.2, 0.25) is 41.8 Å². The van der Waals surface area contributed by atoms with Crippen LogP contribution in [0.2, 0.25) is 0 Å². The van der Waals surface area contributed by atoms with Crippen LogP contribution in [-0.2, 0) is 71.6 Å². The van der Waals surface area contributed by atoms with Crippen LogP contribution in [0.4, 0.5) is 0 Å². The fourth-order valence-corrected chi connectivity index (χ4v) is 14.9. The third kappa shape index (κ3) is 12.1. The Morgan fingerprint density at radius 2 is 0.774 bits per heavy atom. The molecule has 6 aromatic carbocycles. The lowest BCUT2D eigenvalue weighted by Gasteiger charge is -2.37. The van der Waals surface area contributed by atoms with Gasteiger partial charge in [0.1, 0.15) is 24.4 Å². The van der Waals surface area contributed by atoms with Crippen molar-refractivity contribution in [2.45, 2.75) is 102 Å². The number of fused-ring (bicyclic) bond motifs is 12. The second kappa shape index (κ2) is 24.5. The summed E-state index contributed by atoms with van der Waals surface area (Å²) in [4.78, 5) is 0. The van der Waals surface area contributed by atoms with Crippen molar-refractivity contribution in [1.82, 2.24) is 18.1 Å². The molecule has 0 fully saturated rings. The number of thiol groups is 2. The van der Waals surface area contributed by atoms with Crippen molar-refractivity contribution in [1.29, 1.82) is 0 Å². The summed E-state index contributed by atoms with van der Waals surface area (Å²) < 4.78 is 132. The molecule has 20 heteroatoms. The zero-order valence-electron chi connectivity index (χ0n) is 49.5. The van der Waals surface area contributed by atoms with Gasteiger partial charge in [-0.05, 0) is 190 Å². The zero-order chi connectivity index (χ0) is 60.2. The molecule has 0 saturated heterocycles. The predicted octanol–water partition coefficient (Wildman–Crippen LogP) is 9.75. The van der Waals surface area contributed by atoms with E-state index in [0.717, 1.165) is 94.6 Å². The molecule has 4 atom stereocenters. The molecule has 0 heterocycles. The molecule has 450 valence electrons. The van der Waals surface area contributed by atoms with Gasteiger partial charge in [-0.3, -0.25) is 0 Å². The van der Waals surface area contributed by atoms with Gasteiger partial charge in [-0.2, -0.15) is 0 Å². The Balaban J connectivity index is 1.06. The van der Waals surface area contributed by atoms with E-state index in [-0.39, 0.29) is 69.3 Å². The summed E-state index contributed by atoms with van der Waals surface area (Å²) in [5.74, 6) is -0.218. The van der Waals surface area contributed by atoms with Gasteiger partial charge in [0.15, 0.2) is 0 Å². The highest BCUT2D eigenvalue weighted by atomic mass is 32.2. The number of nitrogens with zero attached hydrogens (tertiary/aromatic N) is 2. The molecule has 0 bridgehead atoms. The number of hydrogen-bond donors (Lipinski definition) is 4. The molecule has 0 aliphatic heterocycles. The van der Waals surface area contributed by atoms with Crippen molar-refractivity contribution in [3.63, 3.8) is 0 Å². The first-order valence-corrected chi connectivity index (χ1v) is 34.3. The Bertz CT molecular complexity index is 3920. The van der Waals surface area contributed by atoms with Crippen LogP contribution in [0, 0.1) is 13.8 Å². The first-order chi connectivity index (χ1) is 39.8. The van der Waals surface area contributed by atoms with Crippen LogP contribution in [-0.4, -0.2) is 121 Å². The van der Waals surface area contributed by atoms with E-state index in [1.54, 1.807) is 7.05 Å². The molecule has 10 rings (SSSR count). The van der Waals surface area contributed by atoms with Gasteiger partial charge in [-0.25, -0.2) is 51.7 Å². The van der Waals surface area contributed by atoms with Crippen LogP contribution in [0.1, 0.15) is 133 Å². The van der Waals surface area contributed by atoms with E-state index in [4.69, 9.17) is 18.9 Å². The second-order valence-electron chi connectivity index (χ2n) is 23.8. The topological polar surface area (TPSA) is 204 Å². The standard InChI is InChI=1S/C64H78N4O12S4/c1-39-15-19-43-47-37-58-50(36-53(47)61(77-25-11-23-67(9)81(69)70)59(51(43)31-39)79-27-13-29-83(73,74)65-7)46-22-18-42(34-56(46)64(58,5)6)41-17-21-44-48-38-57-49(45-20-16-40(2)32-55(45)63(57,3)4)35-54(48)62(78-26-12-24-68(10)82(71)72)60(52(44)33-41)80-28-14-30-84(75,76)66-8/h15-22,31-38,59-62,65-66,81-82H,11-14,23-30H2,1-10H3. The van der Waals surface area contributed by atoms with Gasteiger partial charge in [0.05, 0.1) is 11.5 Å². The molecule has 2 N–H and O–H groups in total. The van der Waals surface area contributed by atoms with E-state index in [1.807, 2.05) is 6.92 Å². The molecule has 0 saturated carbocycles. The molecule has 0 radical (unpaired) electrons. The van der Waals surface area contributed by atoms with E-state index < -0.39 is 71.7 Å². The number of benzene rings is 6. The Labute approximate surface area is 499 Å². The summed E-state index contributed by atoms with van der Waals surface area (Å²) in [5, 5.41) is 0.